The van der Waals surface area contributed by atoms with Gasteiger partial charge in [-0.3, -0.25) is 4.79 Å². The lowest BCUT2D eigenvalue weighted by atomic mass is 9.98. The molecule has 2 amide bonds. The van der Waals surface area contributed by atoms with Crippen LogP contribution in [0.25, 0.3) is 11.1 Å². The quantitative estimate of drug-likeness (QED) is 0.382. The zero-order valence-electron chi connectivity index (χ0n) is 23.2. The molecular weight excluding hydrogens is 496 g/mol. The minimum atomic E-state index is -0.910. The minimum Gasteiger partial charge on any atom is -0.481 e. The van der Waals surface area contributed by atoms with Gasteiger partial charge in [0.05, 0.1) is 12.1 Å². The maximum Gasteiger partial charge on any atom is 0.410 e. The summed E-state index contributed by atoms with van der Waals surface area (Å²) < 4.78 is 11.5. The lowest BCUT2D eigenvalue weighted by molar-refractivity contribution is -0.137. The number of nitrogens with zero attached hydrogens (tertiary/aromatic N) is 1. The molecule has 1 fully saturated rings. The lowest BCUT2D eigenvalue weighted by Crippen LogP contribution is -2.54. The van der Waals surface area contributed by atoms with Gasteiger partial charge in [-0.2, -0.15) is 0 Å². The van der Waals surface area contributed by atoms with Crippen LogP contribution in [-0.4, -0.2) is 59.0 Å². The van der Waals surface area contributed by atoms with Gasteiger partial charge in [0.15, 0.2) is 0 Å². The van der Waals surface area contributed by atoms with Crippen molar-refractivity contribution in [3.63, 3.8) is 0 Å². The van der Waals surface area contributed by atoms with E-state index in [1.165, 1.54) is 0 Å². The van der Waals surface area contributed by atoms with Gasteiger partial charge in [-0.1, -0.05) is 67.8 Å². The van der Waals surface area contributed by atoms with E-state index >= 15 is 0 Å². The molecule has 210 valence electrons. The number of nitrogens with one attached hydrogen (secondary N) is 1. The number of carboxylic acids is 1. The zero-order chi connectivity index (χ0) is 28.0. The summed E-state index contributed by atoms with van der Waals surface area (Å²) in [4.78, 5) is 39.2. The molecule has 1 saturated carbocycles. The topological polar surface area (TPSA) is 105 Å². The highest BCUT2D eigenvalue weighted by atomic mass is 16.6. The van der Waals surface area contributed by atoms with Gasteiger partial charge in [0, 0.05) is 18.9 Å². The van der Waals surface area contributed by atoms with Gasteiger partial charge in [-0.25, -0.2) is 9.59 Å². The molecule has 4 rings (SSSR count). The fourth-order valence-electron chi connectivity index (χ4n) is 5.76. The third-order valence-corrected chi connectivity index (χ3v) is 7.44. The van der Waals surface area contributed by atoms with Crippen LogP contribution in [0.15, 0.2) is 48.5 Å². The fourth-order valence-corrected chi connectivity index (χ4v) is 5.76. The van der Waals surface area contributed by atoms with Gasteiger partial charge >= 0.3 is 18.2 Å². The van der Waals surface area contributed by atoms with Crippen LogP contribution in [0.2, 0.25) is 0 Å². The number of amides is 2. The number of fused-ring (bicyclic) bond motifs is 3. The van der Waals surface area contributed by atoms with Gasteiger partial charge in [-0.15, -0.1) is 0 Å². The minimum absolute atomic E-state index is 0.0516. The van der Waals surface area contributed by atoms with Crippen molar-refractivity contribution in [1.82, 2.24) is 10.2 Å². The number of hydrogen-bond acceptors (Lipinski definition) is 5. The van der Waals surface area contributed by atoms with E-state index in [-0.39, 0.29) is 37.6 Å². The van der Waals surface area contributed by atoms with Gasteiger partial charge in [0.1, 0.15) is 12.2 Å². The van der Waals surface area contributed by atoms with Crippen LogP contribution < -0.4 is 5.32 Å². The molecule has 2 N–H and O–H groups in total. The highest BCUT2D eigenvalue weighted by Crippen LogP contribution is 2.44. The second-order valence-corrected chi connectivity index (χ2v) is 11.5. The van der Waals surface area contributed by atoms with Crippen molar-refractivity contribution in [2.45, 2.75) is 89.3 Å². The predicted molar refractivity (Wildman–Crippen MR) is 149 cm³/mol. The number of rotatable bonds is 8. The molecule has 0 heterocycles. The van der Waals surface area contributed by atoms with Crippen molar-refractivity contribution in [3.8, 4) is 11.1 Å². The number of alkyl carbamates (subject to hydrolysis) is 1. The first-order chi connectivity index (χ1) is 18.6. The van der Waals surface area contributed by atoms with E-state index in [4.69, 9.17) is 9.47 Å². The van der Waals surface area contributed by atoms with E-state index in [0.717, 1.165) is 41.5 Å². The summed E-state index contributed by atoms with van der Waals surface area (Å²) in [6.45, 7) is 5.85. The maximum absolute atomic E-state index is 13.7. The highest BCUT2D eigenvalue weighted by molar-refractivity contribution is 5.79. The molecule has 2 aliphatic rings. The molecular formula is C31H40N2O6. The summed E-state index contributed by atoms with van der Waals surface area (Å²) >= 11 is 0. The Kier molecular flexibility index (Phi) is 9.15. The van der Waals surface area contributed by atoms with Gasteiger partial charge < -0.3 is 24.8 Å². The van der Waals surface area contributed by atoms with Crippen LogP contribution >= 0.6 is 0 Å². The predicted octanol–water partition coefficient (Wildman–Crippen LogP) is 6.33. The standard InChI is InChI=1S/C31H40N2O6/c1-31(2,3)39-29(36)32-26-16-5-4-6-17-27(26)33(19-11-18-28(34)35)30(37)38-20-25-23-14-9-7-12-21(23)22-13-8-10-15-24(22)25/h7-10,12-15,25-27H,4-6,11,16-20H2,1-3H3,(H,32,36)(H,34,35). The summed E-state index contributed by atoms with van der Waals surface area (Å²) in [7, 11) is 0. The number of carboxylic acid groups (broad SMARTS) is 1. The van der Waals surface area contributed by atoms with Crippen LogP contribution in [0.3, 0.4) is 0 Å². The van der Waals surface area contributed by atoms with Crippen LogP contribution in [-0.2, 0) is 14.3 Å². The zero-order valence-corrected chi connectivity index (χ0v) is 23.2. The maximum atomic E-state index is 13.7. The molecule has 0 bridgehead atoms. The van der Waals surface area contributed by atoms with E-state index < -0.39 is 23.8 Å². The number of hydrogen-bond donors (Lipinski definition) is 2. The van der Waals surface area contributed by atoms with E-state index in [0.29, 0.717) is 19.3 Å². The van der Waals surface area contributed by atoms with Crippen LogP contribution in [0.5, 0.6) is 0 Å². The lowest BCUT2D eigenvalue weighted by Gasteiger charge is -2.36. The first kappa shape index (κ1) is 28.5. The van der Waals surface area contributed by atoms with E-state index in [2.05, 4.69) is 29.6 Å². The van der Waals surface area contributed by atoms with Crippen molar-refractivity contribution < 1.29 is 29.0 Å². The summed E-state index contributed by atoms with van der Waals surface area (Å²) in [5, 5.41) is 12.2. The Morgan fingerprint density at radius 1 is 0.949 bits per heavy atom. The molecule has 2 aromatic carbocycles. The Bertz CT molecular complexity index is 1130. The number of benzene rings is 2. The molecule has 39 heavy (non-hydrogen) atoms. The number of aliphatic carboxylic acids is 1. The third kappa shape index (κ3) is 7.31. The Morgan fingerprint density at radius 2 is 1.56 bits per heavy atom. The van der Waals surface area contributed by atoms with Crippen LogP contribution in [0.1, 0.15) is 82.8 Å². The van der Waals surface area contributed by atoms with Gasteiger partial charge in [-0.05, 0) is 62.3 Å². The monoisotopic (exact) mass is 536 g/mol. The Balaban J connectivity index is 1.53. The first-order valence-corrected chi connectivity index (χ1v) is 14.0. The third-order valence-electron chi connectivity index (χ3n) is 7.44. The molecule has 0 aliphatic heterocycles. The molecule has 8 nitrogen and oxygen atoms in total. The molecule has 2 aromatic rings. The molecule has 2 atom stereocenters. The Morgan fingerprint density at radius 3 is 2.18 bits per heavy atom. The van der Waals surface area contributed by atoms with Crippen molar-refractivity contribution >= 4 is 18.2 Å². The molecule has 2 aliphatic carbocycles. The van der Waals surface area contributed by atoms with E-state index in [1.807, 2.05) is 45.0 Å². The van der Waals surface area contributed by atoms with Crippen molar-refractivity contribution in [1.29, 1.82) is 0 Å². The fraction of sp³-hybridized carbons (Fsp3) is 0.516. The molecule has 0 radical (unpaired) electrons. The normalized spacial score (nSPS) is 18.8. The van der Waals surface area contributed by atoms with Crippen molar-refractivity contribution in [2.75, 3.05) is 13.2 Å². The molecule has 0 spiro atoms. The van der Waals surface area contributed by atoms with E-state index in [1.54, 1.807) is 4.90 Å². The van der Waals surface area contributed by atoms with Crippen LogP contribution in [0.4, 0.5) is 9.59 Å². The largest absolute Gasteiger partial charge is 0.481 e. The second-order valence-electron chi connectivity index (χ2n) is 11.5. The Hall–Kier alpha value is -3.55. The number of carbonyl (C=O) groups excluding carboxylic acids is 2. The summed E-state index contributed by atoms with van der Waals surface area (Å²) in [6.07, 6.45) is 3.47. The molecule has 0 saturated heterocycles. The molecule has 0 aromatic heterocycles. The smallest absolute Gasteiger partial charge is 0.410 e. The van der Waals surface area contributed by atoms with E-state index in [9.17, 15) is 19.5 Å². The first-order valence-electron chi connectivity index (χ1n) is 14.0. The molecule has 8 heteroatoms. The van der Waals surface area contributed by atoms with Gasteiger partial charge in [0.2, 0.25) is 0 Å². The summed E-state index contributed by atoms with van der Waals surface area (Å²) in [6, 6.07) is 15.7. The average molecular weight is 537 g/mol. The SMILES string of the molecule is CC(C)(C)OC(=O)NC1CCCCCC1N(CCCC(=O)O)C(=O)OCC1c2ccccc2-c2ccccc21. The Labute approximate surface area is 230 Å². The highest BCUT2D eigenvalue weighted by Gasteiger charge is 2.36. The van der Waals surface area contributed by atoms with Gasteiger partial charge in [0.25, 0.3) is 0 Å². The summed E-state index contributed by atoms with van der Waals surface area (Å²) in [5.41, 5.74) is 3.92. The van der Waals surface area contributed by atoms with Crippen molar-refractivity contribution in [3.05, 3.63) is 59.7 Å². The summed E-state index contributed by atoms with van der Waals surface area (Å²) in [5.74, 6) is -0.987. The average Bonchev–Trinajstić information content (AvgIpc) is 3.01. The van der Waals surface area contributed by atoms with Crippen molar-refractivity contribution in [2.24, 2.45) is 0 Å². The molecule has 2 unspecified atom stereocenters. The number of ether oxygens (including phenoxy) is 2. The second kappa shape index (κ2) is 12.5. The number of carbonyl (C=O) groups is 3. The van der Waals surface area contributed by atoms with Crippen LogP contribution in [0, 0.1) is 0 Å².